The van der Waals surface area contributed by atoms with Gasteiger partial charge in [-0.3, -0.25) is 9.59 Å². The fraction of sp³-hybridized carbons (Fsp3) is 0.333. The second kappa shape index (κ2) is 7.06. The minimum Gasteiger partial charge on any atom is -0.467 e. The minimum absolute atomic E-state index is 0.187. The van der Waals surface area contributed by atoms with Crippen molar-refractivity contribution in [1.29, 1.82) is 0 Å². The maximum atomic E-state index is 13.6. The lowest BCUT2D eigenvalue weighted by Gasteiger charge is -2.39. The van der Waals surface area contributed by atoms with E-state index in [-0.39, 0.29) is 25.0 Å². The molecule has 2 amide bonds. The average Bonchev–Trinajstić information content (AvgIpc) is 3.09. The van der Waals surface area contributed by atoms with Crippen molar-refractivity contribution in [2.24, 2.45) is 0 Å². The summed E-state index contributed by atoms with van der Waals surface area (Å²) in [6.45, 7) is 0.0898. The first kappa shape index (κ1) is 17.2. The van der Waals surface area contributed by atoms with Gasteiger partial charge in [0.15, 0.2) is 6.10 Å². The van der Waals surface area contributed by atoms with E-state index in [9.17, 15) is 14.0 Å². The van der Waals surface area contributed by atoms with E-state index in [1.165, 1.54) is 28.2 Å². The predicted molar refractivity (Wildman–Crippen MR) is 86.8 cm³/mol. The zero-order valence-corrected chi connectivity index (χ0v) is 14.0. The van der Waals surface area contributed by atoms with Crippen LogP contribution in [0.3, 0.4) is 0 Å². The Morgan fingerprint density at radius 3 is 2.84 bits per heavy atom. The van der Waals surface area contributed by atoms with E-state index in [2.05, 4.69) is 0 Å². The molecular weight excluding hydrogens is 327 g/mol. The lowest BCUT2D eigenvalue weighted by molar-refractivity contribution is -0.167. The van der Waals surface area contributed by atoms with E-state index in [1.54, 1.807) is 38.4 Å². The van der Waals surface area contributed by atoms with Crippen molar-refractivity contribution in [3.05, 3.63) is 59.8 Å². The number of morpholine rings is 1. The van der Waals surface area contributed by atoms with Crippen LogP contribution in [0.15, 0.2) is 47.1 Å². The van der Waals surface area contributed by atoms with Crippen LogP contribution in [-0.4, -0.2) is 48.4 Å². The van der Waals surface area contributed by atoms with Gasteiger partial charge in [0, 0.05) is 14.1 Å². The average molecular weight is 346 g/mol. The summed E-state index contributed by atoms with van der Waals surface area (Å²) < 4.78 is 24.4. The summed E-state index contributed by atoms with van der Waals surface area (Å²) in [4.78, 5) is 27.8. The molecule has 2 unspecified atom stereocenters. The van der Waals surface area contributed by atoms with Gasteiger partial charge in [0.05, 0.1) is 18.8 Å². The molecule has 1 saturated heterocycles. The Morgan fingerprint density at radius 2 is 2.16 bits per heavy atom. The molecule has 1 fully saturated rings. The molecule has 0 radical (unpaired) electrons. The fourth-order valence-corrected chi connectivity index (χ4v) is 2.94. The topological polar surface area (TPSA) is 63.0 Å². The van der Waals surface area contributed by atoms with Gasteiger partial charge in [0.1, 0.15) is 18.2 Å². The Bertz CT molecular complexity index is 762. The lowest BCUT2D eigenvalue weighted by atomic mass is 9.97. The molecule has 7 heteroatoms. The zero-order valence-electron chi connectivity index (χ0n) is 14.0. The van der Waals surface area contributed by atoms with Crippen molar-refractivity contribution in [3.63, 3.8) is 0 Å². The van der Waals surface area contributed by atoms with Crippen molar-refractivity contribution in [2.45, 2.75) is 18.7 Å². The van der Waals surface area contributed by atoms with E-state index in [4.69, 9.17) is 9.15 Å². The summed E-state index contributed by atoms with van der Waals surface area (Å²) in [7, 11) is 3.22. The van der Waals surface area contributed by atoms with Gasteiger partial charge >= 0.3 is 0 Å². The highest BCUT2D eigenvalue weighted by Gasteiger charge is 2.41. The summed E-state index contributed by atoms with van der Waals surface area (Å²) in [6.07, 6.45) is 0.622. The van der Waals surface area contributed by atoms with Gasteiger partial charge in [0.25, 0.3) is 5.91 Å². The number of carbonyl (C=O) groups is 2. The fourth-order valence-electron chi connectivity index (χ4n) is 2.94. The van der Waals surface area contributed by atoms with Gasteiger partial charge in [-0.15, -0.1) is 0 Å². The number of likely N-dealkylation sites (N-methyl/N-ethyl adjacent to an activating group) is 2. The third-order valence-corrected chi connectivity index (χ3v) is 4.27. The number of amides is 2. The zero-order chi connectivity index (χ0) is 18.0. The Balaban J connectivity index is 1.86. The van der Waals surface area contributed by atoms with Crippen LogP contribution in [0.2, 0.25) is 0 Å². The number of benzene rings is 1. The van der Waals surface area contributed by atoms with Crippen LogP contribution in [0, 0.1) is 5.82 Å². The minimum atomic E-state index is -0.913. The maximum absolute atomic E-state index is 13.6. The highest BCUT2D eigenvalue weighted by molar-refractivity contribution is 5.86. The van der Waals surface area contributed by atoms with Gasteiger partial charge in [0.2, 0.25) is 5.91 Å². The quantitative estimate of drug-likeness (QED) is 0.849. The van der Waals surface area contributed by atoms with E-state index >= 15 is 0 Å². The van der Waals surface area contributed by atoms with Gasteiger partial charge in [-0.05, 0) is 29.8 Å². The number of nitrogens with zero attached hydrogens (tertiary/aromatic N) is 2. The van der Waals surface area contributed by atoms with E-state index in [0.717, 1.165) is 0 Å². The molecule has 1 aliphatic heterocycles. The van der Waals surface area contributed by atoms with Gasteiger partial charge in [-0.1, -0.05) is 12.1 Å². The number of rotatable bonds is 4. The molecule has 132 valence electrons. The van der Waals surface area contributed by atoms with E-state index in [1.807, 2.05) is 0 Å². The molecule has 2 atom stereocenters. The van der Waals surface area contributed by atoms with Crippen molar-refractivity contribution in [2.75, 3.05) is 20.7 Å². The van der Waals surface area contributed by atoms with Crippen LogP contribution < -0.4 is 0 Å². The van der Waals surface area contributed by atoms with Crippen LogP contribution in [-0.2, 0) is 20.9 Å². The summed E-state index contributed by atoms with van der Waals surface area (Å²) in [6, 6.07) is 8.68. The number of carbonyl (C=O) groups excluding carboxylic acids is 2. The Kier molecular flexibility index (Phi) is 4.85. The van der Waals surface area contributed by atoms with Crippen LogP contribution in [0.4, 0.5) is 4.39 Å². The lowest BCUT2D eigenvalue weighted by Crippen LogP contribution is -2.53. The molecular formula is C18H19FN2O4. The van der Waals surface area contributed by atoms with Crippen molar-refractivity contribution in [1.82, 2.24) is 9.80 Å². The Morgan fingerprint density at radius 1 is 1.36 bits per heavy atom. The highest BCUT2D eigenvalue weighted by Crippen LogP contribution is 2.30. The first-order valence-corrected chi connectivity index (χ1v) is 7.87. The first-order chi connectivity index (χ1) is 12.0. The number of halogens is 1. The molecule has 3 rings (SSSR count). The molecule has 25 heavy (non-hydrogen) atoms. The maximum Gasteiger partial charge on any atom is 0.254 e. The molecule has 2 heterocycles. The Labute approximate surface area is 144 Å². The van der Waals surface area contributed by atoms with Crippen molar-refractivity contribution in [3.8, 4) is 0 Å². The van der Waals surface area contributed by atoms with Crippen LogP contribution in [0.5, 0.6) is 0 Å². The van der Waals surface area contributed by atoms with Gasteiger partial charge < -0.3 is 19.0 Å². The van der Waals surface area contributed by atoms with Crippen molar-refractivity contribution < 1.29 is 23.1 Å². The first-order valence-electron chi connectivity index (χ1n) is 7.87. The summed E-state index contributed by atoms with van der Waals surface area (Å²) >= 11 is 0. The summed E-state index contributed by atoms with van der Waals surface area (Å²) in [5, 5.41) is 0. The van der Waals surface area contributed by atoms with Crippen LogP contribution in [0.1, 0.15) is 17.4 Å². The third kappa shape index (κ3) is 3.56. The highest BCUT2D eigenvalue weighted by atomic mass is 19.1. The number of hydrogen-bond acceptors (Lipinski definition) is 4. The SMILES string of the molecule is CN(Cc1ccco1)C(=O)C1OCC(=O)N(C)C1c1cccc(F)c1. The normalized spacial score (nSPS) is 20.6. The molecule has 0 N–H and O–H groups in total. The smallest absolute Gasteiger partial charge is 0.254 e. The standard InChI is InChI=1S/C18H19FN2O4/c1-20(10-14-7-4-8-24-14)18(23)17-16(21(2)15(22)11-25-17)12-5-3-6-13(19)9-12/h3-9,16-17H,10-11H2,1-2H3. The molecule has 0 aliphatic carbocycles. The molecule has 0 bridgehead atoms. The number of furan rings is 1. The van der Waals surface area contributed by atoms with Crippen molar-refractivity contribution >= 4 is 11.8 Å². The van der Waals surface area contributed by atoms with Gasteiger partial charge in [-0.2, -0.15) is 0 Å². The predicted octanol–water partition coefficient (Wildman–Crippen LogP) is 1.98. The monoisotopic (exact) mass is 346 g/mol. The van der Waals surface area contributed by atoms with Gasteiger partial charge in [-0.25, -0.2) is 4.39 Å². The molecule has 6 nitrogen and oxygen atoms in total. The van der Waals surface area contributed by atoms with Crippen LogP contribution in [0.25, 0.3) is 0 Å². The largest absolute Gasteiger partial charge is 0.467 e. The Hall–Kier alpha value is -2.67. The second-order valence-electron chi connectivity index (χ2n) is 6.01. The second-order valence-corrected chi connectivity index (χ2v) is 6.01. The number of ether oxygens (including phenoxy) is 1. The molecule has 0 saturated carbocycles. The summed E-state index contributed by atoms with van der Waals surface area (Å²) in [5.41, 5.74) is 0.514. The molecule has 1 aromatic carbocycles. The molecule has 2 aromatic rings. The van der Waals surface area contributed by atoms with E-state index < -0.39 is 18.0 Å². The van der Waals surface area contributed by atoms with Crippen LogP contribution >= 0.6 is 0 Å². The molecule has 1 aliphatic rings. The summed E-state index contributed by atoms with van der Waals surface area (Å²) in [5.74, 6) is -0.352. The third-order valence-electron chi connectivity index (χ3n) is 4.27. The van der Waals surface area contributed by atoms with E-state index in [0.29, 0.717) is 11.3 Å². The number of hydrogen-bond donors (Lipinski definition) is 0. The molecule has 0 spiro atoms. The molecule has 1 aromatic heterocycles.